The second kappa shape index (κ2) is 7.88. The highest BCUT2D eigenvalue weighted by Crippen LogP contribution is 2.25. The van der Waals surface area contributed by atoms with Crippen LogP contribution in [0, 0.1) is 5.92 Å². The number of hydrogen-bond acceptors (Lipinski definition) is 3. The molecule has 2 atom stereocenters. The van der Waals surface area contributed by atoms with Crippen molar-refractivity contribution >= 4 is 12.0 Å². The highest BCUT2D eigenvalue weighted by Gasteiger charge is 2.30. The molecule has 1 saturated carbocycles. The van der Waals surface area contributed by atoms with Crippen molar-refractivity contribution in [3.8, 4) is 0 Å². The lowest BCUT2D eigenvalue weighted by Crippen LogP contribution is -2.42. The van der Waals surface area contributed by atoms with Crippen LogP contribution in [0.4, 0.5) is 13.6 Å². The Morgan fingerprint density at radius 3 is 2.68 bits per heavy atom. The normalized spacial score (nSPS) is 22.5. The quantitative estimate of drug-likeness (QED) is 0.602. The zero-order valence-electron chi connectivity index (χ0n) is 10.4. The van der Waals surface area contributed by atoms with Gasteiger partial charge in [-0.15, -0.1) is 0 Å². The molecule has 1 rings (SSSR count). The molecule has 6 nitrogen and oxygen atoms in total. The second-order valence-corrected chi connectivity index (χ2v) is 4.41. The monoisotopic (exact) mass is 280 g/mol. The van der Waals surface area contributed by atoms with E-state index in [1.54, 1.807) is 0 Å². The van der Waals surface area contributed by atoms with Crippen molar-refractivity contribution in [3.05, 3.63) is 0 Å². The first-order chi connectivity index (χ1) is 8.99. The third-order valence-corrected chi connectivity index (χ3v) is 2.89. The zero-order chi connectivity index (χ0) is 14.3. The number of hydrogen-bond donors (Lipinski definition) is 3. The van der Waals surface area contributed by atoms with Gasteiger partial charge in [-0.2, -0.15) is 0 Å². The topological polar surface area (TPSA) is 87.7 Å². The first-order valence-corrected chi connectivity index (χ1v) is 6.12. The van der Waals surface area contributed by atoms with Gasteiger partial charge in [0.25, 0.3) is 6.43 Å². The van der Waals surface area contributed by atoms with E-state index in [1.807, 2.05) is 0 Å². The Morgan fingerprint density at radius 1 is 1.37 bits per heavy atom. The lowest BCUT2D eigenvalue weighted by molar-refractivity contribution is -0.141. The Balaban J connectivity index is 2.07. The van der Waals surface area contributed by atoms with Gasteiger partial charge in [-0.05, 0) is 19.3 Å². The van der Waals surface area contributed by atoms with Crippen LogP contribution < -0.4 is 10.6 Å². The van der Waals surface area contributed by atoms with Gasteiger partial charge in [0, 0.05) is 12.6 Å². The summed E-state index contributed by atoms with van der Waals surface area (Å²) >= 11 is 0. The zero-order valence-corrected chi connectivity index (χ0v) is 10.4. The third kappa shape index (κ3) is 6.32. The smallest absolute Gasteiger partial charge is 0.315 e. The van der Waals surface area contributed by atoms with E-state index >= 15 is 0 Å². The molecule has 0 aromatic heterocycles. The van der Waals surface area contributed by atoms with Gasteiger partial charge < -0.3 is 20.5 Å². The fourth-order valence-electron chi connectivity index (χ4n) is 1.98. The fraction of sp³-hybridized carbons (Fsp3) is 0.818. The fourth-order valence-corrected chi connectivity index (χ4v) is 1.98. The maximum atomic E-state index is 11.7. The summed E-state index contributed by atoms with van der Waals surface area (Å²) in [5.74, 6) is -1.25. The summed E-state index contributed by atoms with van der Waals surface area (Å²) in [6.07, 6.45) is -0.908. The van der Waals surface area contributed by atoms with Crippen molar-refractivity contribution in [2.45, 2.75) is 31.7 Å². The Kier molecular flexibility index (Phi) is 6.48. The van der Waals surface area contributed by atoms with Crippen molar-refractivity contribution < 1.29 is 28.2 Å². The molecule has 0 heterocycles. The molecular weight excluding hydrogens is 262 g/mol. The van der Waals surface area contributed by atoms with E-state index in [9.17, 15) is 18.4 Å². The average molecular weight is 280 g/mol. The molecule has 0 aromatic rings. The summed E-state index contributed by atoms with van der Waals surface area (Å²) in [5, 5.41) is 13.9. The van der Waals surface area contributed by atoms with Crippen molar-refractivity contribution in [2.24, 2.45) is 5.92 Å². The Hall–Kier alpha value is -1.44. The molecule has 1 aliphatic rings. The molecule has 0 aliphatic heterocycles. The van der Waals surface area contributed by atoms with Gasteiger partial charge in [-0.1, -0.05) is 0 Å². The molecule has 19 heavy (non-hydrogen) atoms. The minimum atomic E-state index is -2.51. The maximum Gasteiger partial charge on any atom is 0.315 e. The van der Waals surface area contributed by atoms with Gasteiger partial charge in [0.15, 0.2) is 0 Å². The standard InChI is InChI=1S/C11H18F2N2O4/c12-9(13)6-19-4-3-14-11(18)15-8-2-1-7(5-8)10(16)17/h7-9H,1-6H2,(H,16,17)(H2,14,15,18). The number of halogens is 2. The van der Waals surface area contributed by atoms with Crippen molar-refractivity contribution in [1.82, 2.24) is 10.6 Å². The minimum Gasteiger partial charge on any atom is -0.481 e. The van der Waals surface area contributed by atoms with Crippen LogP contribution >= 0.6 is 0 Å². The number of carboxylic acids is 1. The molecule has 8 heteroatoms. The summed E-state index contributed by atoms with van der Waals surface area (Å²) in [6, 6.07) is -0.584. The molecule has 0 aromatic carbocycles. The van der Waals surface area contributed by atoms with Crippen molar-refractivity contribution in [2.75, 3.05) is 19.8 Å². The number of ether oxygens (including phenoxy) is 1. The molecule has 0 bridgehead atoms. The summed E-state index contributed by atoms with van der Waals surface area (Å²) in [5.41, 5.74) is 0. The number of amides is 2. The Labute approximate surface area is 109 Å². The molecule has 110 valence electrons. The second-order valence-electron chi connectivity index (χ2n) is 4.41. The Bertz CT molecular complexity index is 315. The lowest BCUT2D eigenvalue weighted by atomic mass is 10.1. The molecule has 1 aliphatic carbocycles. The van der Waals surface area contributed by atoms with E-state index in [-0.39, 0.29) is 19.2 Å². The number of rotatable bonds is 7. The van der Waals surface area contributed by atoms with Crippen LogP contribution in [-0.4, -0.2) is 49.3 Å². The largest absolute Gasteiger partial charge is 0.481 e. The van der Waals surface area contributed by atoms with Crippen molar-refractivity contribution in [1.29, 1.82) is 0 Å². The van der Waals surface area contributed by atoms with Gasteiger partial charge >= 0.3 is 12.0 Å². The maximum absolute atomic E-state index is 11.7. The van der Waals surface area contributed by atoms with E-state index in [2.05, 4.69) is 15.4 Å². The van der Waals surface area contributed by atoms with E-state index in [0.717, 1.165) is 0 Å². The van der Waals surface area contributed by atoms with E-state index in [1.165, 1.54) is 0 Å². The van der Waals surface area contributed by atoms with E-state index in [4.69, 9.17) is 5.11 Å². The predicted molar refractivity (Wildman–Crippen MR) is 62.1 cm³/mol. The van der Waals surface area contributed by atoms with E-state index in [0.29, 0.717) is 19.3 Å². The van der Waals surface area contributed by atoms with E-state index < -0.39 is 31.0 Å². The van der Waals surface area contributed by atoms with Gasteiger partial charge in [0.2, 0.25) is 0 Å². The number of carbonyl (C=O) groups excluding carboxylic acids is 1. The SMILES string of the molecule is O=C(NCCOCC(F)F)NC1CCC(C(=O)O)C1. The predicted octanol–water partition coefficient (Wildman–Crippen LogP) is 0.821. The summed E-state index contributed by atoms with van der Waals surface area (Å²) in [6.45, 7) is -0.500. The Morgan fingerprint density at radius 2 is 2.11 bits per heavy atom. The number of aliphatic carboxylic acids is 1. The lowest BCUT2D eigenvalue weighted by Gasteiger charge is -2.13. The molecule has 0 radical (unpaired) electrons. The van der Waals surface area contributed by atoms with Crippen LogP contribution in [0.3, 0.4) is 0 Å². The molecule has 0 spiro atoms. The number of carboxylic acid groups (broad SMARTS) is 1. The van der Waals surface area contributed by atoms with Gasteiger partial charge in [0.05, 0.1) is 12.5 Å². The molecule has 2 unspecified atom stereocenters. The number of urea groups is 1. The van der Waals surface area contributed by atoms with Gasteiger partial charge in [-0.25, -0.2) is 13.6 Å². The van der Waals surface area contributed by atoms with Crippen LogP contribution in [0.15, 0.2) is 0 Å². The summed E-state index contributed by atoms with van der Waals surface area (Å²) in [7, 11) is 0. The highest BCUT2D eigenvalue weighted by atomic mass is 19.3. The van der Waals surface area contributed by atoms with Crippen LogP contribution in [0.2, 0.25) is 0 Å². The molecule has 3 N–H and O–H groups in total. The van der Waals surface area contributed by atoms with Gasteiger partial charge in [-0.3, -0.25) is 4.79 Å². The summed E-state index contributed by atoms with van der Waals surface area (Å²) in [4.78, 5) is 22.1. The molecule has 0 saturated heterocycles. The molecule has 1 fully saturated rings. The highest BCUT2D eigenvalue weighted by molar-refractivity contribution is 5.75. The van der Waals surface area contributed by atoms with Crippen LogP contribution in [0.5, 0.6) is 0 Å². The molecule has 2 amide bonds. The number of carbonyl (C=O) groups is 2. The van der Waals surface area contributed by atoms with Crippen molar-refractivity contribution in [3.63, 3.8) is 0 Å². The first kappa shape index (κ1) is 15.6. The molecular formula is C11H18F2N2O4. The van der Waals surface area contributed by atoms with Crippen LogP contribution in [0.25, 0.3) is 0 Å². The summed E-state index contributed by atoms with van der Waals surface area (Å²) < 4.78 is 28.0. The van der Waals surface area contributed by atoms with Crippen LogP contribution in [-0.2, 0) is 9.53 Å². The number of alkyl halides is 2. The third-order valence-electron chi connectivity index (χ3n) is 2.89. The number of nitrogens with one attached hydrogen (secondary N) is 2. The first-order valence-electron chi connectivity index (χ1n) is 6.12. The van der Waals surface area contributed by atoms with Crippen LogP contribution in [0.1, 0.15) is 19.3 Å². The average Bonchev–Trinajstić information content (AvgIpc) is 2.76. The minimum absolute atomic E-state index is 0.0141. The van der Waals surface area contributed by atoms with Gasteiger partial charge in [0.1, 0.15) is 6.61 Å².